The van der Waals surface area contributed by atoms with E-state index in [-0.39, 0.29) is 16.5 Å². The van der Waals surface area contributed by atoms with Gasteiger partial charge in [0.05, 0.1) is 0 Å². The fraction of sp³-hybridized carbons (Fsp3) is 0.660. The van der Waals surface area contributed by atoms with E-state index in [2.05, 4.69) is 79.7 Å². The third-order valence-electron chi connectivity index (χ3n) is 11.0. The van der Waals surface area contributed by atoms with Crippen molar-refractivity contribution in [1.82, 2.24) is 0 Å². The predicted molar refractivity (Wildman–Crippen MR) is 216 cm³/mol. The van der Waals surface area contributed by atoms with Crippen LogP contribution in [0.25, 0.3) is 16.9 Å². The summed E-state index contributed by atoms with van der Waals surface area (Å²) in [4.78, 5) is 0. The minimum Gasteiger partial charge on any atom is -0.493 e. The van der Waals surface area contributed by atoms with Crippen LogP contribution in [0, 0.1) is 0 Å². The molecule has 0 N–H and O–H groups in total. The van der Waals surface area contributed by atoms with E-state index >= 15 is 0 Å². The van der Waals surface area contributed by atoms with E-state index in [4.69, 9.17) is 0 Å². The second-order valence-corrected chi connectivity index (χ2v) is 15.1. The van der Waals surface area contributed by atoms with Crippen molar-refractivity contribution in [2.45, 2.75) is 203 Å². The van der Waals surface area contributed by atoms with Crippen molar-refractivity contribution >= 4 is 11.4 Å². The molecule has 1 aliphatic heterocycles. The van der Waals surface area contributed by atoms with Crippen LogP contribution in [-0.4, -0.2) is 4.70 Å². The monoisotopic (exact) mass is 725 g/mol. The van der Waals surface area contributed by atoms with Gasteiger partial charge < -0.3 is 5.53 Å². The zero-order valence-electron chi connectivity index (χ0n) is 33.8. The van der Waals surface area contributed by atoms with Gasteiger partial charge in [0.25, 0.3) is 0 Å². The average molecular weight is 726 g/mol. The van der Waals surface area contributed by atoms with E-state index in [1.54, 1.807) is 15.8 Å². The van der Waals surface area contributed by atoms with Gasteiger partial charge in [-0.3, -0.25) is 0 Å². The summed E-state index contributed by atoms with van der Waals surface area (Å²) in [6.45, 7) is 18.5. The minimum atomic E-state index is 0. The largest absolute Gasteiger partial charge is 0.493 e. The molecular formula is C47H74N2Ni. The third kappa shape index (κ3) is 12.0. The quantitative estimate of drug-likeness (QED) is 0.0553. The molecule has 2 aromatic rings. The van der Waals surface area contributed by atoms with Crippen molar-refractivity contribution in [2.24, 2.45) is 0 Å². The van der Waals surface area contributed by atoms with Crippen LogP contribution in [0.5, 0.6) is 0 Å². The first-order chi connectivity index (χ1) is 23.9. The van der Waals surface area contributed by atoms with E-state index in [1.165, 1.54) is 147 Å². The minimum absolute atomic E-state index is 0. The van der Waals surface area contributed by atoms with Gasteiger partial charge in [0.15, 0.2) is 0 Å². The number of hydrogen-bond acceptors (Lipinski definition) is 0. The van der Waals surface area contributed by atoms with Crippen molar-refractivity contribution in [3.8, 4) is 0 Å². The number of unbranched alkanes of at least 4 members (excludes halogenated alkanes) is 9. The van der Waals surface area contributed by atoms with Crippen LogP contribution in [-0.2, 0) is 55.0 Å². The van der Waals surface area contributed by atoms with Gasteiger partial charge in [-0.2, -0.15) is 0 Å². The van der Waals surface area contributed by atoms with Crippen LogP contribution in [0.3, 0.4) is 0 Å². The summed E-state index contributed by atoms with van der Waals surface area (Å²) in [7, 11) is 0. The summed E-state index contributed by atoms with van der Waals surface area (Å²) in [5, 5.41) is 0. The van der Waals surface area contributed by atoms with Crippen molar-refractivity contribution in [3.05, 3.63) is 85.5 Å². The summed E-state index contributed by atoms with van der Waals surface area (Å²) in [5.41, 5.74) is 28.9. The normalized spacial score (nSPS) is 13.2. The van der Waals surface area contributed by atoms with Gasteiger partial charge in [-0.1, -0.05) is 106 Å². The van der Waals surface area contributed by atoms with Crippen molar-refractivity contribution in [3.63, 3.8) is 0 Å². The van der Waals surface area contributed by atoms with E-state index in [0.717, 1.165) is 56.3 Å². The number of nitrogens with zero attached hydrogens (tertiary/aromatic N) is 2. The maximum atomic E-state index is 12.5. The van der Waals surface area contributed by atoms with Crippen molar-refractivity contribution in [1.29, 1.82) is 0 Å². The molecule has 1 heterocycles. The van der Waals surface area contributed by atoms with Gasteiger partial charge in [0, 0.05) is 38.8 Å². The molecule has 0 amide bonds. The van der Waals surface area contributed by atoms with E-state index < -0.39 is 0 Å². The van der Waals surface area contributed by atoms with Crippen molar-refractivity contribution < 1.29 is 21.2 Å². The first-order valence-electron chi connectivity index (χ1n) is 21.1. The second kappa shape index (κ2) is 24.3. The molecule has 0 unspecified atom stereocenters. The number of hydrogen-bond donors (Lipinski definition) is 0. The second-order valence-electron chi connectivity index (χ2n) is 15.1. The fourth-order valence-corrected chi connectivity index (χ4v) is 7.99. The van der Waals surface area contributed by atoms with Gasteiger partial charge in [0.1, 0.15) is 0 Å². The molecule has 1 aliphatic rings. The molecule has 0 fully saturated rings. The molecule has 3 heteroatoms. The number of aryl methyl sites for hydroxylation is 4. The summed E-state index contributed by atoms with van der Waals surface area (Å²) in [6, 6.07) is 9.93. The molecule has 2 aromatic carbocycles. The van der Waals surface area contributed by atoms with Gasteiger partial charge in [-0.05, 0) is 154 Å². The topological polar surface area (TPSA) is 25.3 Å². The van der Waals surface area contributed by atoms with E-state index in [0.29, 0.717) is 0 Å². The molecule has 0 aromatic heterocycles. The van der Waals surface area contributed by atoms with Crippen molar-refractivity contribution in [2.75, 3.05) is 0 Å². The Morgan fingerprint density at radius 1 is 0.420 bits per heavy atom. The summed E-state index contributed by atoms with van der Waals surface area (Å²) < 4.78 is 1.64. The van der Waals surface area contributed by atoms with Gasteiger partial charge in [-0.25, -0.2) is 4.70 Å². The molecule has 0 radical (unpaired) electrons. The van der Waals surface area contributed by atoms with E-state index in [9.17, 15) is 5.53 Å². The Bertz CT molecular complexity index is 1340. The summed E-state index contributed by atoms with van der Waals surface area (Å²) in [5.74, 6) is 0. The average Bonchev–Trinajstić information content (AvgIpc) is 3.36. The van der Waals surface area contributed by atoms with Crippen LogP contribution in [0.2, 0.25) is 0 Å². The Kier molecular flexibility index (Phi) is 21.5. The molecule has 0 saturated heterocycles. The maximum absolute atomic E-state index is 12.5. The number of benzene rings is 2. The van der Waals surface area contributed by atoms with Gasteiger partial charge in [0.2, 0.25) is 11.4 Å². The SMILES string of the molecule is CCCCCc1c(CCCC)cc(C2=C(C)C(CCCC)=C(c3cc(CCCC)c(CCCCC)c(CCCC)c3)[N+]2=[N-])cc1CCCC.[Ni]. The third-order valence-corrected chi connectivity index (χ3v) is 11.0. The molecule has 0 spiro atoms. The molecule has 3 rings (SSSR count). The number of rotatable bonds is 25. The molecule has 0 aliphatic carbocycles. The molecule has 282 valence electrons. The predicted octanol–water partition coefficient (Wildman–Crippen LogP) is 14.9. The zero-order chi connectivity index (χ0) is 35.6. The fourth-order valence-electron chi connectivity index (χ4n) is 7.99. The summed E-state index contributed by atoms with van der Waals surface area (Å²) >= 11 is 0. The summed E-state index contributed by atoms with van der Waals surface area (Å²) in [6.07, 6.45) is 27.5. The molecule has 50 heavy (non-hydrogen) atoms. The van der Waals surface area contributed by atoms with Crippen LogP contribution < -0.4 is 0 Å². The Balaban J connectivity index is 0.00000867. The van der Waals surface area contributed by atoms with Crippen LogP contribution >= 0.6 is 0 Å². The van der Waals surface area contributed by atoms with Crippen LogP contribution in [0.15, 0.2) is 35.4 Å². The molecule has 0 saturated carbocycles. The molecule has 0 atom stereocenters. The standard InChI is InChI=1S/C47H74N2.Ni/c1-9-16-23-30-44-37(25-18-11-3)32-41(33-38(44)26-19-12-4)46-36(8)43(29-22-15-7)47(49(46)48)42-34-39(27-20-13-5)45(31-24-17-10-2)40(35-42)28-21-14-6;/h32-35H,9-31H2,1-8H3;. The number of allylic oxidation sites excluding steroid dienone is 2. The Morgan fingerprint density at radius 3 is 1.08 bits per heavy atom. The van der Waals surface area contributed by atoms with Gasteiger partial charge in [-0.15, -0.1) is 0 Å². The first-order valence-corrected chi connectivity index (χ1v) is 21.1. The molecule has 0 bridgehead atoms. The van der Waals surface area contributed by atoms with Crippen LogP contribution in [0.4, 0.5) is 0 Å². The Hall–Kier alpha value is -1.99. The first kappa shape index (κ1) is 44.2. The van der Waals surface area contributed by atoms with E-state index in [1.807, 2.05) is 0 Å². The zero-order valence-corrected chi connectivity index (χ0v) is 34.8. The molecular weight excluding hydrogens is 651 g/mol. The Labute approximate surface area is 319 Å². The maximum Gasteiger partial charge on any atom is 0.211 e. The van der Waals surface area contributed by atoms with Crippen LogP contribution in [0.1, 0.15) is 209 Å². The molecule has 2 nitrogen and oxygen atoms in total. The van der Waals surface area contributed by atoms with Gasteiger partial charge >= 0.3 is 0 Å². The Morgan fingerprint density at radius 2 is 0.740 bits per heavy atom. The smallest absolute Gasteiger partial charge is 0.211 e.